The molecule has 1 aromatic carbocycles. The van der Waals surface area contributed by atoms with Gasteiger partial charge in [-0.2, -0.15) is 0 Å². The van der Waals surface area contributed by atoms with Crippen molar-refractivity contribution in [2.75, 3.05) is 13.1 Å². The van der Waals surface area contributed by atoms with Crippen molar-refractivity contribution in [3.05, 3.63) is 35.4 Å². The van der Waals surface area contributed by atoms with Gasteiger partial charge in [-0.15, -0.1) is 0 Å². The molecule has 6 nitrogen and oxygen atoms in total. The van der Waals surface area contributed by atoms with Crippen molar-refractivity contribution in [2.45, 2.75) is 18.6 Å². The number of benzene rings is 1. The van der Waals surface area contributed by atoms with Crippen LogP contribution in [-0.2, 0) is 0 Å². The molecule has 1 fully saturated rings. The number of imide groups is 1. The van der Waals surface area contributed by atoms with Gasteiger partial charge < -0.3 is 10.0 Å². The molecule has 0 spiro atoms. The Hall–Kier alpha value is -2.44. The van der Waals surface area contributed by atoms with E-state index in [-0.39, 0.29) is 19.5 Å². The zero-order chi connectivity index (χ0) is 15.1. The summed E-state index contributed by atoms with van der Waals surface area (Å²) < 4.78 is 13.4. The molecule has 0 aromatic heterocycles. The molecule has 3 rings (SSSR count). The smallest absolute Gasteiger partial charge is 0.407 e. The number of carboxylic acid groups (broad SMARTS) is 1. The fraction of sp³-hybridized carbons (Fsp3) is 0.357. The van der Waals surface area contributed by atoms with Crippen LogP contribution in [-0.4, -0.2) is 58.1 Å². The molecule has 0 radical (unpaired) electrons. The highest BCUT2D eigenvalue weighted by molar-refractivity contribution is 6.21. The van der Waals surface area contributed by atoms with Crippen LogP contribution in [0, 0.1) is 0 Å². The number of carbonyl (C=O) groups excluding carboxylic acids is 2. The summed E-state index contributed by atoms with van der Waals surface area (Å²) in [4.78, 5) is 37.4. The number of halogens is 1. The Kier molecular flexibility index (Phi) is 3.12. The van der Waals surface area contributed by atoms with E-state index in [1.165, 1.54) is 0 Å². The first-order valence-electron chi connectivity index (χ1n) is 6.58. The summed E-state index contributed by atoms with van der Waals surface area (Å²) in [5.74, 6) is -0.911. The van der Waals surface area contributed by atoms with Crippen molar-refractivity contribution in [1.29, 1.82) is 0 Å². The van der Waals surface area contributed by atoms with E-state index >= 15 is 0 Å². The van der Waals surface area contributed by atoms with Crippen LogP contribution in [0.25, 0.3) is 0 Å². The molecule has 21 heavy (non-hydrogen) atoms. The fourth-order valence-corrected chi connectivity index (χ4v) is 2.88. The molecule has 1 N–H and O–H groups in total. The van der Waals surface area contributed by atoms with E-state index in [0.29, 0.717) is 11.1 Å². The van der Waals surface area contributed by atoms with Gasteiger partial charge in [0.1, 0.15) is 6.17 Å². The minimum Gasteiger partial charge on any atom is -0.465 e. The predicted molar refractivity (Wildman–Crippen MR) is 69.8 cm³/mol. The highest BCUT2D eigenvalue weighted by atomic mass is 19.1. The summed E-state index contributed by atoms with van der Waals surface area (Å²) in [5.41, 5.74) is 0.610. The van der Waals surface area contributed by atoms with Gasteiger partial charge in [0, 0.05) is 6.42 Å². The molecule has 2 heterocycles. The molecule has 2 aliphatic heterocycles. The highest BCUT2D eigenvalue weighted by Crippen LogP contribution is 2.27. The zero-order valence-corrected chi connectivity index (χ0v) is 11.0. The highest BCUT2D eigenvalue weighted by Gasteiger charge is 2.42. The molecule has 0 unspecified atom stereocenters. The van der Waals surface area contributed by atoms with Crippen molar-refractivity contribution in [1.82, 2.24) is 9.80 Å². The third-order valence-electron chi connectivity index (χ3n) is 3.88. The standard InChI is InChI=1S/C14H13FN2O4/c15-8-5-9(16(6-8)14(20)21)7-17-12(18)10-3-1-2-4-11(10)13(17)19/h1-4,8-9H,5-7H2,(H,20,21)/t8-,9-/m0/s1. The Labute approximate surface area is 119 Å². The molecule has 110 valence electrons. The third-order valence-corrected chi connectivity index (χ3v) is 3.88. The van der Waals surface area contributed by atoms with E-state index in [2.05, 4.69) is 0 Å². The molecule has 2 aliphatic rings. The van der Waals surface area contributed by atoms with Gasteiger partial charge in [-0.25, -0.2) is 9.18 Å². The normalized spacial score (nSPS) is 24.6. The van der Waals surface area contributed by atoms with Gasteiger partial charge >= 0.3 is 6.09 Å². The number of hydrogen-bond acceptors (Lipinski definition) is 3. The van der Waals surface area contributed by atoms with Crippen LogP contribution >= 0.6 is 0 Å². The lowest BCUT2D eigenvalue weighted by molar-refractivity contribution is 0.0603. The summed E-state index contributed by atoms with van der Waals surface area (Å²) in [6.07, 6.45) is -2.50. The third kappa shape index (κ3) is 2.14. The van der Waals surface area contributed by atoms with Crippen LogP contribution in [0.3, 0.4) is 0 Å². The number of amides is 3. The summed E-state index contributed by atoms with van der Waals surface area (Å²) >= 11 is 0. The number of carbonyl (C=O) groups is 3. The van der Waals surface area contributed by atoms with E-state index in [0.717, 1.165) is 9.80 Å². The summed E-state index contributed by atoms with van der Waals surface area (Å²) in [6, 6.07) is 5.72. The number of nitrogens with zero attached hydrogens (tertiary/aromatic N) is 2. The van der Waals surface area contributed by atoms with Crippen molar-refractivity contribution >= 4 is 17.9 Å². The van der Waals surface area contributed by atoms with Crippen molar-refractivity contribution in [2.24, 2.45) is 0 Å². The first kappa shape index (κ1) is 13.5. The van der Waals surface area contributed by atoms with Crippen LogP contribution in [0.5, 0.6) is 0 Å². The van der Waals surface area contributed by atoms with Crippen LogP contribution < -0.4 is 0 Å². The number of hydrogen-bond donors (Lipinski definition) is 1. The SMILES string of the molecule is O=C1c2ccccc2C(=O)N1C[C@@H]1C[C@H](F)CN1C(=O)O. The quantitative estimate of drug-likeness (QED) is 0.835. The summed E-state index contributed by atoms with van der Waals surface area (Å²) in [7, 11) is 0. The Balaban J connectivity index is 1.82. The lowest BCUT2D eigenvalue weighted by Crippen LogP contribution is -2.44. The first-order chi connectivity index (χ1) is 9.99. The predicted octanol–water partition coefficient (Wildman–Crippen LogP) is 1.37. The Morgan fingerprint density at radius 3 is 2.33 bits per heavy atom. The van der Waals surface area contributed by atoms with Gasteiger partial charge in [0.25, 0.3) is 11.8 Å². The van der Waals surface area contributed by atoms with Gasteiger partial charge in [-0.3, -0.25) is 14.5 Å². The van der Waals surface area contributed by atoms with Gasteiger partial charge in [0.15, 0.2) is 0 Å². The van der Waals surface area contributed by atoms with Crippen molar-refractivity contribution in [3.63, 3.8) is 0 Å². The second-order valence-corrected chi connectivity index (χ2v) is 5.19. The van der Waals surface area contributed by atoms with E-state index in [1.54, 1.807) is 24.3 Å². The Bertz CT molecular complexity index is 598. The average Bonchev–Trinajstić information content (AvgIpc) is 2.94. The van der Waals surface area contributed by atoms with E-state index in [1.807, 2.05) is 0 Å². The number of alkyl halides is 1. The topological polar surface area (TPSA) is 77.9 Å². The van der Waals surface area contributed by atoms with E-state index < -0.39 is 30.1 Å². The van der Waals surface area contributed by atoms with Crippen LogP contribution in [0.4, 0.5) is 9.18 Å². The second kappa shape index (κ2) is 4.83. The average molecular weight is 292 g/mol. The lowest BCUT2D eigenvalue weighted by atomic mass is 10.1. The molecular weight excluding hydrogens is 279 g/mol. The molecule has 7 heteroatoms. The van der Waals surface area contributed by atoms with Crippen LogP contribution in [0.1, 0.15) is 27.1 Å². The molecular formula is C14H13FN2O4. The number of rotatable bonds is 2. The van der Waals surface area contributed by atoms with Gasteiger partial charge in [-0.1, -0.05) is 12.1 Å². The summed E-state index contributed by atoms with van der Waals surface area (Å²) in [5, 5.41) is 9.05. The van der Waals surface area contributed by atoms with Gasteiger partial charge in [0.05, 0.1) is 30.3 Å². The maximum atomic E-state index is 13.4. The summed E-state index contributed by atoms with van der Waals surface area (Å²) in [6.45, 7) is -0.331. The molecule has 0 saturated carbocycles. The fourth-order valence-electron chi connectivity index (χ4n) is 2.88. The van der Waals surface area contributed by atoms with E-state index in [4.69, 9.17) is 5.11 Å². The molecule has 3 amide bonds. The maximum Gasteiger partial charge on any atom is 0.407 e. The maximum absolute atomic E-state index is 13.4. The molecule has 0 bridgehead atoms. The lowest BCUT2D eigenvalue weighted by Gasteiger charge is -2.25. The van der Waals surface area contributed by atoms with Crippen molar-refractivity contribution < 1.29 is 23.9 Å². The van der Waals surface area contributed by atoms with Crippen LogP contribution in [0.2, 0.25) is 0 Å². The molecule has 2 atom stereocenters. The van der Waals surface area contributed by atoms with Gasteiger partial charge in [0.2, 0.25) is 0 Å². The molecule has 1 aromatic rings. The Morgan fingerprint density at radius 2 is 1.81 bits per heavy atom. The van der Waals surface area contributed by atoms with Crippen LogP contribution in [0.15, 0.2) is 24.3 Å². The minimum absolute atomic E-state index is 0.000292. The first-order valence-corrected chi connectivity index (χ1v) is 6.58. The molecule has 0 aliphatic carbocycles. The number of fused-ring (bicyclic) bond motifs is 1. The van der Waals surface area contributed by atoms with Gasteiger partial charge in [-0.05, 0) is 12.1 Å². The minimum atomic E-state index is -1.26. The molecule has 1 saturated heterocycles. The second-order valence-electron chi connectivity index (χ2n) is 5.19. The van der Waals surface area contributed by atoms with Crippen molar-refractivity contribution in [3.8, 4) is 0 Å². The zero-order valence-electron chi connectivity index (χ0n) is 11.0. The largest absolute Gasteiger partial charge is 0.465 e. The Morgan fingerprint density at radius 1 is 1.24 bits per heavy atom. The monoisotopic (exact) mass is 292 g/mol. The number of likely N-dealkylation sites (tertiary alicyclic amines) is 1. The van der Waals surface area contributed by atoms with E-state index in [9.17, 15) is 18.8 Å².